The van der Waals surface area contributed by atoms with E-state index in [-0.39, 0.29) is 6.03 Å². The molecule has 2 aromatic rings. The van der Waals surface area contributed by atoms with Crippen molar-refractivity contribution in [3.63, 3.8) is 0 Å². The lowest BCUT2D eigenvalue weighted by molar-refractivity contribution is 0.162. The minimum absolute atomic E-state index is 0.155. The number of benzene rings is 2. The quantitative estimate of drug-likeness (QED) is 0.808. The Morgan fingerprint density at radius 2 is 1.30 bits per heavy atom. The lowest BCUT2D eigenvalue weighted by Gasteiger charge is -2.31. The molecular weight excluding hydrogens is 362 g/mol. The van der Waals surface area contributed by atoms with Gasteiger partial charge in [0.2, 0.25) is 0 Å². The molecule has 0 unspecified atom stereocenters. The molecular formula is C20H25N3O3S. The molecule has 2 amide bonds. The Hall–Kier alpha value is -2.38. The second-order valence-electron chi connectivity index (χ2n) is 6.30. The summed E-state index contributed by atoms with van der Waals surface area (Å²) in [6, 6.07) is 15.3. The van der Waals surface area contributed by atoms with Crippen molar-refractivity contribution in [1.82, 2.24) is 9.80 Å². The Balaban J connectivity index is 1.93. The highest BCUT2D eigenvalue weighted by atomic mass is 32.2. The number of carbonyl (C=O) groups excluding carboxylic acids is 1. The number of methoxy groups -OCH3 is 2. The van der Waals surface area contributed by atoms with E-state index in [1.54, 1.807) is 14.2 Å². The van der Waals surface area contributed by atoms with Crippen molar-refractivity contribution in [1.29, 1.82) is 0 Å². The van der Waals surface area contributed by atoms with Crippen molar-refractivity contribution >= 4 is 16.7 Å². The third kappa shape index (κ3) is 4.87. The fourth-order valence-corrected chi connectivity index (χ4v) is 4.33. The van der Waals surface area contributed by atoms with E-state index in [4.69, 9.17) is 9.47 Å². The Morgan fingerprint density at radius 1 is 0.852 bits per heavy atom. The van der Waals surface area contributed by atoms with Crippen LogP contribution in [0.2, 0.25) is 0 Å². The van der Waals surface area contributed by atoms with Crippen LogP contribution in [0.3, 0.4) is 0 Å². The maximum absolute atomic E-state index is 12.8. The maximum atomic E-state index is 12.8. The van der Waals surface area contributed by atoms with Gasteiger partial charge in [-0.25, -0.2) is 4.79 Å². The first-order chi connectivity index (χ1) is 13.1. The first-order valence-corrected chi connectivity index (χ1v) is 10.0. The highest BCUT2D eigenvalue weighted by molar-refractivity contribution is 7.87. The van der Waals surface area contributed by atoms with E-state index in [2.05, 4.69) is 16.3 Å². The van der Waals surface area contributed by atoms with Crippen LogP contribution in [-0.2, 0) is 10.7 Å². The molecule has 3 rings (SSSR count). The van der Waals surface area contributed by atoms with Gasteiger partial charge in [-0.1, -0.05) is 0 Å². The summed E-state index contributed by atoms with van der Waals surface area (Å²) >= 11 is 0. The molecule has 7 heteroatoms. The topological polar surface area (TPSA) is 54.4 Å². The van der Waals surface area contributed by atoms with Crippen molar-refractivity contribution in [2.24, 2.45) is 4.36 Å². The average Bonchev–Trinajstić information content (AvgIpc) is 2.72. The van der Waals surface area contributed by atoms with Crippen LogP contribution in [0.25, 0.3) is 0 Å². The van der Waals surface area contributed by atoms with Gasteiger partial charge in [0.25, 0.3) is 0 Å². The third-order valence-electron chi connectivity index (χ3n) is 4.51. The predicted octanol–water partition coefficient (Wildman–Crippen LogP) is 3.29. The van der Waals surface area contributed by atoms with Crippen molar-refractivity contribution in [3.8, 4) is 11.5 Å². The lowest BCUT2D eigenvalue weighted by atomic mass is 10.3. The molecule has 0 aliphatic carbocycles. The van der Waals surface area contributed by atoms with E-state index in [1.807, 2.05) is 53.4 Å². The zero-order valence-electron chi connectivity index (χ0n) is 15.9. The van der Waals surface area contributed by atoms with Gasteiger partial charge in [0.1, 0.15) is 11.5 Å². The first kappa shape index (κ1) is 19.4. The number of ether oxygens (including phenoxy) is 2. The standard InChI is InChI=1S/C20H25N3O3S/c1-22-12-14-23(15-13-22)20(24)21-27(18-8-4-16(25-2)5-9-18)19-10-6-17(26-3)7-11-19/h4-11H,12-15H2,1-3H3. The predicted molar refractivity (Wildman–Crippen MR) is 107 cm³/mol. The molecule has 0 atom stereocenters. The van der Waals surface area contributed by atoms with E-state index in [0.717, 1.165) is 34.4 Å². The minimum atomic E-state index is -0.703. The van der Waals surface area contributed by atoms with E-state index in [1.165, 1.54) is 0 Å². The molecule has 1 fully saturated rings. The normalized spacial score (nSPS) is 14.9. The zero-order valence-corrected chi connectivity index (χ0v) is 16.7. The van der Waals surface area contributed by atoms with Gasteiger partial charge in [-0.3, -0.25) is 0 Å². The van der Waals surface area contributed by atoms with Crippen molar-refractivity contribution in [3.05, 3.63) is 48.5 Å². The van der Waals surface area contributed by atoms with Gasteiger partial charge in [-0.15, -0.1) is 0 Å². The van der Waals surface area contributed by atoms with Crippen LogP contribution in [-0.4, -0.2) is 63.3 Å². The monoisotopic (exact) mass is 387 g/mol. The second-order valence-corrected chi connectivity index (χ2v) is 7.99. The summed E-state index contributed by atoms with van der Waals surface area (Å²) in [5.41, 5.74) is 0. The molecule has 1 saturated heterocycles. The molecule has 0 N–H and O–H groups in total. The summed E-state index contributed by atoms with van der Waals surface area (Å²) < 4.78 is 15.1. The molecule has 6 nitrogen and oxygen atoms in total. The summed E-state index contributed by atoms with van der Waals surface area (Å²) in [6.07, 6.45) is 0. The van der Waals surface area contributed by atoms with Gasteiger partial charge in [-0.2, -0.15) is 4.36 Å². The van der Waals surface area contributed by atoms with Crippen LogP contribution in [0.15, 0.2) is 62.7 Å². The molecule has 1 aliphatic rings. The molecule has 0 aromatic heterocycles. The highest BCUT2D eigenvalue weighted by Gasteiger charge is 2.20. The lowest BCUT2D eigenvalue weighted by Crippen LogP contribution is -2.46. The molecule has 2 aromatic carbocycles. The number of urea groups is 1. The molecule has 144 valence electrons. The van der Waals surface area contributed by atoms with Gasteiger partial charge >= 0.3 is 6.03 Å². The summed E-state index contributed by atoms with van der Waals surface area (Å²) in [5.74, 6) is 1.56. The number of hydrogen-bond donors (Lipinski definition) is 0. The summed E-state index contributed by atoms with van der Waals surface area (Å²) in [7, 11) is 4.64. The smallest absolute Gasteiger partial charge is 0.350 e. The molecule has 0 saturated carbocycles. The SMILES string of the molecule is COc1ccc(S(=NC(=O)N2CCN(C)CC2)c2ccc(OC)cc2)cc1. The number of hydrogen-bond acceptors (Lipinski definition) is 4. The number of piperazine rings is 1. The average molecular weight is 388 g/mol. The third-order valence-corrected chi connectivity index (χ3v) is 6.28. The zero-order chi connectivity index (χ0) is 19.2. The number of rotatable bonds is 4. The van der Waals surface area contributed by atoms with Crippen LogP contribution < -0.4 is 9.47 Å². The van der Waals surface area contributed by atoms with E-state index < -0.39 is 10.7 Å². The van der Waals surface area contributed by atoms with Gasteiger partial charge in [0.05, 0.1) is 14.2 Å². The summed E-state index contributed by atoms with van der Waals surface area (Å²) in [6.45, 7) is 3.17. The summed E-state index contributed by atoms with van der Waals surface area (Å²) in [4.78, 5) is 18.8. The van der Waals surface area contributed by atoms with Crippen LogP contribution in [0.4, 0.5) is 4.79 Å². The van der Waals surface area contributed by atoms with Gasteiger partial charge in [0, 0.05) is 36.0 Å². The molecule has 1 heterocycles. The Kier molecular flexibility index (Phi) is 6.47. The van der Waals surface area contributed by atoms with Gasteiger partial charge in [-0.05, 0) is 66.3 Å². The number of amides is 2. The Morgan fingerprint density at radius 3 is 1.70 bits per heavy atom. The molecule has 1 aliphatic heterocycles. The molecule has 0 radical (unpaired) electrons. The fourth-order valence-electron chi connectivity index (χ4n) is 2.78. The highest BCUT2D eigenvalue weighted by Crippen LogP contribution is 2.24. The molecule has 27 heavy (non-hydrogen) atoms. The van der Waals surface area contributed by atoms with Crippen LogP contribution in [0.1, 0.15) is 0 Å². The van der Waals surface area contributed by atoms with E-state index in [9.17, 15) is 4.79 Å². The number of likely N-dealkylation sites (N-methyl/N-ethyl adjacent to an activating group) is 1. The molecule has 0 spiro atoms. The van der Waals surface area contributed by atoms with E-state index in [0.29, 0.717) is 13.1 Å². The van der Waals surface area contributed by atoms with Crippen LogP contribution in [0.5, 0.6) is 11.5 Å². The number of carbonyl (C=O) groups is 1. The largest absolute Gasteiger partial charge is 0.497 e. The Bertz CT molecular complexity index is 749. The van der Waals surface area contributed by atoms with Gasteiger partial charge < -0.3 is 19.3 Å². The minimum Gasteiger partial charge on any atom is -0.497 e. The van der Waals surface area contributed by atoms with Crippen molar-refractivity contribution in [2.45, 2.75) is 9.79 Å². The van der Waals surface area contributed by atoms with Crippen molar-refractivity contribution < 1.29 is 14.3 Å². The van der Waals surface area contributed by atoms with Crippen molar-refractivity contribution in [2.75, 3.05) is 47.4 Å². The molecule has 0 bridgehead atoms. The van der Waals surface area contributed by atoms with E-state index >= 15 is 0 Å². The second kappa shape index (κ2) is 9.01. The first-order valence-electron chi connectivity index (χ1n) is 8.82. The number of nitrogens with zero attached hydrogens (tertiary/aromatic N) is 3. The van der Waals surface area contributed by atoms with Crippen LogP contribution >= 0.6 is 0 Å². The maximum Gasteiger partial charge on any atom is 0.350 e. The Labute approximate surface area is 162 Å². The summed E-state index contributed by atoms with van der Waals surface area (Å²) in [5, 5.41) is 0. The van der Waals surface area contributed by atoms with Crippen LogP contribution in [0, 0.1) is 0 Å². The fraction of sp³-hybridized carbons (Fsp3) is 0.350. The van der Waals surface area contributed by atoms with Gasteiger partial charge in [0.15, 0.2) is 0 Å².